The lowest BCUT2D eigenvalue weighted by atomic mass is 10.3. The van der Waals surface area contributed by atoms with Crippen LogP contribution in [0.1, 0.15) is 13.8 Å². The quantitative estimate of drug-likeness (QED) is 0.640. The Morgan fingerprint density at radius 2 is 1.64 bits per heavy atom. The molecule has 1 N–H and O–H groups in total. The summed E-state index contributed by atoms with van der Waals surface area (Å²) in [6, 6.07) is -0.0318. The minimum absolute atomic E-state index is 0.0318. The van der Waals surface area contributed by atoms with Crippen LogP contribution in [0.15, 0.2) is 0 Å². The lowest BCUT2D eigenvalue weighted by Crippen LogP contribution is -2.52. The van der Waals surface area contributed by atoms with E-state index in [1.165, 1.54) is 0 Å². The van der Waals surface area contributed by atoms with E-state index in [9.17, 15) is 9.59 Å². The van der Waals surface area contributed by atoms with Crippen LogP contribution in [0.5, 0.6) is 0 Å². The first-order chi connectivity index (χ1) is 6.65. The number of rotatable bonds is 1. The highest BCUT2D eigenvalue weighted by Gasteiger charge is 2.21. The molecule has 0 radical (unpaired) electrons. The predicted molar refractivity (Wildman–Crippen MR) is 52.9 cm³/mol. The fourth-order valence-corrected chi connectivity index (χ4v) is 1.49. The van der Waals surface area contributed by atoms with Gasteiger partial charge in [-0.3, -0.25) is 4.79 Å². The fourth-order valence-electron chi connectivity index (χ4n) is 1.49. The molecule has 14 heavy (non-hydrogen) atoms. The fraction of sp³-hybridized carbons (Fsp3) is 0.778. The number of carbonyl (C=O) groups excluding carboxylic acids is 2. The van der Waals surface area contributed by atoms with Crippen LogP contribution < -0.4 is 5.32 Å². The molecule has 3 amide bonds. The summed E-state index contributed by atoms with van der Waals surface area (Å²) >= 11 is 0. The number of hydrogen-bond acceptors (Lipinski definition) is 2. The maximum Gasteiger partial charge on any atom is 0.317 e. The average Bonchev–Trinajstić information content (AvgIpc) is 2.18. The van der Waals surface area contributed by atoms with Gasteiger partial charge in [0.05, 0.1) is 0 Å². The smallest absolute Gasteiger partial charge is 0.317 e. The molecule has 0 bridgehead atoms. The Kier molecular flexibility index (Phi) is 3.73. The molecule has 1 rings (SSSR count). The molecule has 1 saturated heterocycles. The minimum Gasteiger partial charge on any atom is -0.339 e. The van der Waals surface area contributed by atoms with Crippen molar-refractivity contribution in [3.05, 3.63) is 0 Å². The third-order valence-corrected chi connectivity index (χ3v) is 2.34. The molecule has 1 aliphatic rings. The highest BCUT2D eigenvalue weighted by atomic mass is 16.2. The third kappa shape index (κ3) is 2.61. The van der Waals surface area contributed by atoms with Gasteiger partial charge in [-0.1, -0.05) is 0 Å². The molecular formula is C9H17N3O2. The molecule has 0 aromatic carbocycles. The van der Waals surface area contributed by atoms with Crippen LogP contribution in [-0.2, 0) is 4.79 Å². The van der Waals surface area contributed by atoms with Crippen molar-refractivity contribution in [2.75, 3.05) is 32.7 Å². The van der Waals surface area contributed by atoms with Crippen LogP contribution >= 0.6 is 0 Å². The van der Waals surface area contributed by atoms with E-state index in [2.05, 4.69) is 5.32 Å². The zero-order chi connectivity index (χ0) is 10.6. The second-order valence-electron chi connectivity index (χ2n) is 3.33. The van der Waals surface area contributed by atoms with Gasteiger partial charge in [0.2, 0.25) is 5.91 Å². The van der Waals surface area contributed by atoms with Crippen LogP contribution in [0.4, 0.5) is 4.79 Å². The lowest BCUT2D eigenvalue weighted by Gasteiger charge is -2.34. The normalized spacial score (nSPS) is 16.7. The molecule has 0 aromatic heterocycles. The summed E-state index contributed by atoms with van der Waals surface area (Å²) in [7, 11) is 0. The van der Waals surface area contributed by atoms with Crippen molar-refractivity contribution in [2.24, 2.45) is 0 Å². The van der Waals surface area contributed by atoms with E-state index in [-0.39, 0.29) is 11.9 Å². The number of piperazine rings is 1. The Morgan fingerprint density at radius 1 is 1.14 bits per heavy atom. The van der Waals surface area contributed by atoms with E-state index < -0.39 is 0 Å². The van der Waals surface area contributed by atoms with Gasteiger partial charge in [-0.15, -0.1) is 0 Å². The van der Waals surface area contributed by atoms with Crippen LogP contribution in [-0.4, -0.2) is 54.5 Å². The first kappa shape index (κ1) is 10.8. The zero-order valence-corrected chi connectivity index (χ0v) is 8.75. The Bertz CT molecular complexity index is 222. The van der Waals surface area contributed by atoms with Crippen molar-refractivity contribution in [1.82, 2.24) is 15.1 Å². The summed E-state index contributed by atoms with van der Waals surface area (Å²) < 4.78 is 0. The largest absolute Gasteiger partial charge is 0.339 e. The molecule has 0 unspecified atom stereocenters. The molecule has 80 valence electrons. The first-order valence-electron chi connectivity index (χ1n) is 4.93. The monoisotopic (exact) mass is 199 g/mol. The van der Waals surface area contributed by atoms with Crippen molar-refractivity contribution in [3.63, 3.8) is 0 Å². The summed E-state index contributed by atoms with van der Waals surface area (Å²) in [5.41, 5.74) is 0. The van der Waals surface area contributed by atoms with Crippen LogP contribution in [0.3, 0.4) is 0 Å². The number of nitrogens with one attached hydrogen (secondary N) is 1. The molecule has 1 heterocycles. The topological polar surface area (TPSA) is 52.7 Å². The van der Waals surface area contributed by atoms with Crippen molar-refractivity contribution in [2.45, 2.75) is 13.8 Å². The molecule has 0 aliphatic carbocycles. The molecule has 0 atom stereocenters. The summed E-state index contributed by atoms with van der Waals surface area (Å²) in [5, 5.41) is 2.74. The van der Waals surface area contributed by atoms with Gasteiger partial charge in [-0.2, -0.15) is 0 Å². The van der Waals surface area contributed by atoms with Gasteiger partial charge < -0.3 is 15.1 Å². The van der Waals surface area contributed by atoms with Crippen molar-refractivity contribution in [3.8, 4) is 0 Å². The molecule has 0 saturated carbocycles. The van der Waals surface area contributed by atoms with Gasteiger partial charge >= 0.3 is 6.03 Å². The number of hydrogen-bond donors (Lipinski definition) is 1. The van der Waals surface area contributed by atoms with Gasteiger partial charge in [-0.05, 0) is 6.92 Å². The van der Waals surface area contributed by atoms with Crippen LogP contribution in [0.25, 0.3) is 0 Å². The molecule has 1 fully saturated rings. The van der Waals surface area contributed by atoms with Gasteiger partial charge in [0.1, 0.15) is 0 Å². The van der Waals surface area contributed by atoms with Crippen LogP contribution in [0.2, 0.25) is 0 Å². The Balaban J connectivity index is 2.35. The summed E-state index contributed by atoms with van der Waals surface area (Å²) in [5.74, 6) is 0.0838. The zero-order valence-electron chi connectivity index (χ0n) is 8.75. The van der Waals surface area contributed by atoms with Gasteiger partial charge in [0.25, 0.3) is 0 Å². The molecule has 5 heteroatoms. The molecule has 0 aromatic rings. The van der Waals surface area contributed by atoms with E-state index in [1.54, 1.807) is 16.7 Å². The van der Waals surface area contributed by atoms with E-state index in [4.69, 9.17) is 0 Å². The van der Waals surface area contributed by atoms with Crippen molar-refractivity contribution in [1.29, 1.82) is 0 Å². The summed E-state index contributed by atoms with van der Waals surface area (Å²) in [6.45, 7) is 6.65. The minimum atomic E-state index is -0.0318. The van der Waals surface area contributed by atoms with Crippen LogP contribution in [0, 0.1) is 0 Å². The van der Waals surface area contributed by atoms with Crippen molar-refractivity contribution < 1.29 is 9.59 Å². The number of carbonyl (C=O) groups is 2. The Labute approximate surface area is 84.0 Å². The standard InChI is InChI=1S/C9H17N3O2/c1-3-10-9(14)12-6-4-11(5-7-12)8(2)13/h3-7H2,1-2H3,(H,10,14). The highest BCUT2D eigenvalue weighted by molar-refractivity contribution is 5.76. The second-order valence-corrected chi connectivity index (χ2v) is 3.33. The summed E-state index contributed by atoms with van der Waals surface area (Å²) in [6.07, 6.45) is 0. The second kappa shape index (κ2) is 4.83. The third-order valence-electron chi connectivity index (χ3n) is 2.34. The maximum atomic E-state index is 11.4. The molecular weight excluding hydrogens is 182 g/mol. The van der Waals surface area contributed by atoms with E-state index in [0.717, 1.165) is 0 Å². The maximum absolute atomic E-state index is 11.4. The molecule has 5 nitrogen and oxygen atoms in total. The van der Waals surface area contributed by atoms with Crippen molar-refractivity contribution >= 4 is 11.9 Å². The number of urea groups is 1. The van der Waals surface area contributed by atoms with Gasteiger partial charge in [0.15, 0.2) is 0 Å². The van der Waals surface area contributed by atoms with E-state index >= 15 is 0 Å². The molecule has 0 spiro atoms. The Morgan fingerprint density at radius 3 is 2.07 bits per heavy atom. The number of nitrogens with zero attached hydrogens (tertiary/aromatic N) is 2. The SMILES string of the molecule is CCNC(=O)N1CCN(C(C)=O)CC1. The Hall–Kier alpha value is -1.26. The lowest BCUT2D eigenvalue weighted by molar-refractivity contribution is -0.130. The predicted octanol–water partition coefficient (Wildman–Crippen LogP) is -0.120. The molecule has 1 aliphatic heterocycles. The average molecular weight is 199 g/mol. The first-order valence-corrected chi connectivity index (χ1v) is 4.93. The highest BCUT2D eigenvalue weighted by Crippen LogP contribution is 2.01. The van der Waals surface area contributed by atoms with E-state index in [0.29, 0.717) is 32.7 Å². The van der Waals surface area contributed by atoms with Gasteiger partial charge in [-0.25, -0.2) is 4.79 Å². The number of amides is 3. The summed E-state index contributed by atoms with van der Waals surface area (Å²) in [4.78, 5) is 25.9. The van der Waals surface area contributed by atoms with E-state index in [1.807, 2.05) is 6.92 Å². The van der Waals surface area contributed by atoms with Gasteiger partial charge in [0, 0.05) is 39.6 Å².